The van der Waals surface area contributed by atoms with E-state index in [1.165, 1.54) is 6.08 Å². The number of hydrogen-bond acceptors (Lipinski definition) is 3. The van der Waals surface area contributed by atoms with E-state index in [0.29, 0.717) is 18.8 Å². The van der Waals surface area contributed by atoms with Crippen molar-refractivity contribution in [3.05, 3.63) is 30.2 Å². The minimum Gasteiger partial charge on any atom is -0.465 e. The average molecular weight is 194 g/mol. The number of furan rings is 1. The summed E-state index contributed by atoms with van der Waals surface area (Å²) in [5.41, 5.74) is 5.32. The van der Waals surface area contributed by atoms with Crippen molar-refractivity contribution >= 4 is 12.0 Å². The molecule has 0 aliphatic rings. The number of amides is 1. The van der Waals surface area contributed by atoms with Crippen LogP contribution < -0.4 is 5.73 Å². The van der Waals surface area contributed by atoms with E-state index in [2.05, 4.69) is 0 Å². The predicted octanol–water partition coefficient (Wildman–Crippen LogP) is 0.710. The van der Waals surface area contributed by atoms with E-state index in [-0.39, 0.29) is 5.91 Å². The smallest absolute Gasteiger partial charge is 0.246 e. The van der Waals surface area contributed by atoms with Crippen LogP contribution in [0.1, 0.15) is 5.76 Å². The van der Waals surface area contributed by atoms with E-state index in [0.717, 1.165) is 0 Å². The fourth-order valence-corrected chi connectivity index (χ4v) is 0.971. The second-order valence-electron chi connectivity index (χ2n) is 2.90. The molecule has 4 heteroatoms. The first-order valence-electron chi connectivity index (χ1n) is 4.41. The third kappa shape index (κ3) is 3.06. The fourth-order valence-electron chi connectivity index (χ4n) is 0.971. The van der Waals surface area contributed by atoms with Crippen molar-refractivity contribution in [1.82, 2.24) is 4.90 Å². The Morgan fingerprint density at radius 2 is 2.50 bits per heavy atom. The molecule has 1 amide bonds. The highest BCUT2D eigenvalue weighted by Gasteiger charge is 2.02. The number of nitrogens with zero attached hydrogens (tertiary/aromatic N) is 1. The van der Waals surface area contributed by atoms with Gasteiger partial charge in [-0.3, -0.25) is 4.79 Å². The van der Waals surface area contributed by atoms with Crippen LogP contribution in [0.5, 0.6) is 0 Å². The van der Waals surface area contributed by atoms with Gasteiger partial charge in [0.15, 0.2) is 0 Å². The van der Waals surface area contributed by atoms with E-state index >= 15 is 0 Å². The molecule has 1 aromatic rings. The second kappa shape index (κ2) is 5.24. The highest BCUT2D eigenvalue weighted by molar-refractivity contribution is 5.91. The van der Waals surface area contributed by atoms with Gasteiger partial charge in [-0.05, 0) is 18.2 Å². The first-order chi connectivity index (χ1) is 6.74. The summed E-state index contributed by atoms with van der Waals surface area (Å²) in [5.74, 6) is 0.589. The van der Waals surface area contributed by atoms with Crippen LogP contribution in [-0.4, -0.2) is 30.9 Å². The predicted molar refractivity (Wildman–Crippen MR) is 54.4 cm³/mol. The molecule has 0 spiro atoms. The first kappa shape index (κ1) is 10.5. The molecule has 1 aromatic heterocycles. The maximum Gasteiger partial charge on any atom is 0.246 e. The maximum atomic E-state index is 11.4. The van der Waals surface area contributed by atoms with Gasteiger partial charge in [0.05, 0.1) is 6.26 Å². The summed E-state index contributed by atoms with van der Waals surface area (Å²) in [6.07, 6.45) is 4.66. The standard InChI is InChI=1S/C10H14N2O2/c1-12(7-6-11)10(13)5-4-9-3-2-8-14-9/h2-5,8H,6-7,11H2,1H3. The molecule has 4 nitrogen and oxygen atoms in total. The highest BCUT2D eigenvalue weighted by Crippen LogP contribution is 2.02. The molecule has 0 aliphatic heterocycles. The third-order valence-electron chi connectivity index (χ3n) is 1.77. The van der Waals surface area contributed by atoms with E-state index in [4.69, 9.17) is 10.2 Å². The quantitative estimate of drug-likeness (QED) is 0.718. The monoisotopic (exact) mass is 194 g/mol. The Bertz CT molecular complexity index is 304. The zero-order valence-electron chi connectivity index (χ0n) is 8.14. The Hall–Kier alpha value is -1.55. The minimum atomic E-state index is -0.0770. The van der Waals surface area contributed by atoms with Crippen LogP contribution in [0.15, 0.2) is 28.9 Å². The number of hydrogen-bond donors (Lipinski definition) is 1. The summed E-state index contributed by atoms with van der Waals surface area (Å²) in [6, 6.07) is 3.56. The Morgan fingerprint density at radius 3 is 3.07 bits per heavy atom. The highest BCUT2D eigenvalue weighted by atomic mass is 16.3. The number of likely N-dealkylation sites (N-methyl/N-ethyl adjacent to an activating group) is 1. The van der Waals surface area contributed by atoms with Gasteiger partial charge in [0, 0.05) is 26.2 Å². The molecule has 2 N–H and O–H groups in total. The Balaban J connectivity index is 2.48. The van der Waals surface area contributed by atoms with Crippen LogP contribution in [0.25, 0.3) is 6.08 Å². The van der Waals surface area contributed by atoms with Crippen LogP contribution >= 0.6 is 0 Å². The van der Waals surface area contributed by atoms with Gasteiger partial charge >= 0.3 is 0 Å². The molecular weight excluding hydrogens is 180 g/mol. The van der Waals surface area contributed by atoms with Gasteiger partial charge < -0.3 is 15.1 Å². The molecule has 1 heterocycles. The van der Waals surface area contributed by atoms with Crippen LogP contribution in [0.2, 0.25) is 0 Å². The Kier molecular flexibility index (Phi) is 3.94. The molecule has 1 rings (SSSR count). The van der Waals surface area contributed by atoms with Crippen molar-refractivity contribution < 1.29 is 9.21 Å². The minimum absolute atomic E-state index is 0.0770. The zero-order chi connectivity index (χ0) is 10.4. The third-order valence-corrected chi connectivity index (χ3v) is 1.77. The Labute approximate surface area is 83.0 Å². The van der Waals surface area contributed by atoms with Crippen molar-refractivity contribution in [2.24, 2.45) is 5.73 Å². The lowest BCUT2D eigenvalue weighted by Gasteiger charge is -2.12. The van der Waals surface area contributed by atoms with Crippen molar-refractivity contribution in [3.8, 4) is 0 Å². The molecule has 0 aromatic carbocycles. The van der Waals surface area contributed by atoms with Crippen molar-refractivity contribution in [2.75, 3.05) is 20.1 Å². The molecule has 0 fully saturated rings. The summed E-state index contributed by atoms with van der Waals surface area (Å²) in [4.78, 5) is 12.9. The second-order valence-corrected chi connectivity index (χ2v) is 2.90. The summed E-state index contributed by atoms with van der Waals surface area (Å²) in [6.45, 7) is 1.03. The first-order valence-corrected chi connectivity index (χ1v) is 4.41. The summed E-state index contributed by atoms with van der Waals surface area (Å²) < 4.78 is 5.04. The molecule has 76 valence electrons. The zero-order valence-corrected chi connectivity index (χ0v) is 8.14. The Morgan fingerprint density at radius 1 is 1.71 bits per heavy atom. The van der Waals surface area contributed by atoms with Crippen molar-refractivity contribution in [3.63, 3.8) is 0 Å². The van der Waals surface area contributed by atoms with Gasteiger partial charge in [0.2, 0.25) is 5.91 Å². The van der Waals surface area contributed by atoms with E-state index < -0.39 is 0 Å². The van der Waals surface area contributed by atoms with E-state index in [1.807, 2.05) is 0 Å². The molecule has 0 unspecified atom stereocenters. The molecule has 0 radical (unpaired) electrons. The van der Waals surface area contributed by atoms with Gasteiger partial charge in [-0.15, -0.1) is 0 Å². The topological polar surface area (TPSA) is 59.5 Å². The lowest BCUT2D eigenvalue weighted by Crippen LogP contribution is -2.30. The maximum absolute atomic E-state index is 11.4. The van der Waals surface area contributed by atoms with Crippen LogP contribution in [0.4, 0.5) is 0 Å². The number of nitrogens with two attached hydrogens (primary N) is 1. The number of carbonyl (C=O) groups excluding carboxylic acids is 1. The average Bonchev–Trinajstić information content (AvgIpc) is 2.67. The SMILES string of the molecule is CN(CCN)C(=O)C=Cc1ccco1. The number of carbonyl (C=O) groups is 1. The van der Waals surface area contributed by atoms with Crippen LogP contribution in [-0.2, 0) is 4.79 Å². The molecular formula is C10H14N2O2. The summed E-state index contributed by atoms with van der Waals surface area (Å²) >= 11 is 0. The van der Waals surface area contributed by atoms with Crippen molar-refractivity contribution in [2.45, 2.75) is 0 Å². The van der Waals surface area contributed by atoms with Gasteiger partial charge in [0.1, 0.15) is 5.76 Å². The van der Waals surface area contributed by atoms with Gasteiger partial charge in [0.25, 0.3) is 0 Å². The lowest BCUT2D eigenvalue weighted by molar-refractivity contribution is -0.124. The van der Waals surface area contributed by atoms with E-state index in [1.54, 1.807) is 36.4 Å². The lowest BCUT2D eigenvalue weighted by atomic mass is 10.3. The fraction of sp³-hybridized carbons (Fsp3) is 0.300. The van der Waals surface area contributed by atoms with Gasteiger partial charge in [-0.1, -0.05) is 0 Å². The molecule has 14 heavy (non-hydrogen) atoms. The van der Waals surface area contributed by atoms with Gasteiger partial charge in [-0.25, -0.2) is 0 Å². The molecule has 0 saturated carbocycles. The molecule has 0 atom stereocenters. The van der Waals surface area contributed by atoms with Crippen LogP contribution in [0.3, 0.4) is 0 Å². The van der Waals surface area contributed by atoms with Crippen molar-refractivity contribution in [1.29, 1.82) is 0 Å². The molecule has 0 bridgehead atoms. The summed E-state index contributed by atoms with van der Waals surface area (Å²) in [5, 5.41) is 0. The number of rotatable bonds is 4. The molecule has 0 aliphatic carbocycles. The normalized spacial score (nSPS) is 10.7. The summed E-state index contributed by atoms with van der Waals surface area (Å²) in [7, 11) is 1.71. The molecule has 0 saturated heterocycles. The largest absolute Gasteiger partial charge is 0.465 e. The van der Waals surface area contributed by atoms with E-state index in [9.17, 15) is 4.79 Å². The van der Waals surface area contributed by atoms with Gasteiger partial charge in [-0.2, -0.15) is 0 Å². The van der Waals surface area contributed by atoms with Crippen LogP contribution in [0, 0.1) is 0 Å².